The van der Waals surface area contributed by atoms with Crippen LogP contribution in [0.1, 0.15) is 30.5 Å². The predicted octanol–water partition coefficient (Wildman–Crippen LogP) is 2.55. The first kappa shape index (κ1) is 17.9. The molecule has 6 heteroatoms. The molecule has 1 saturated heterocycles. The topological polar surface area (TPSA) is 65.6 Å². The van der Waals surface area contributed by atoms with Crippen molar-refractivity contribution in [3.63, 3.8) is 0 Å². The largest absolute Gasteiger partial charge is 0.396 e. The van der Waals surface area contributed by atoms with Crippen molar-refractivity contribution in [1.29, 1.82) is 0 Å². The van der Waals surface area contributed by atoms with E-state index in [1.807, 2.05) is 11.8 Å². The Hall–Kier alpha value is -1.92. The van der Waals surface area contributed by atoms with Crippen LogP contribution in [0.5, 0.6) is 0 Å². The summed E-state index contributed by atoms with van der Waals surface area (Å²) < 4.78 is 19.3. The number of aliphatic hydroxyl groups is 1. The summed E-state index contributed by atoms with van der Waals surface area (Å²) in [6.45, 7) is 3.98. The van der Waals surface area contributed by atoms with Gasteiger partial charge in [-0.25, -0.2) is 4.39 Å². The molecule has 0 bridgehead atoms. The number of rotatable bonds is 6. The number of aromatic amines is 1. The lowest BCUT2D eigenvalue weighted by Gasteiger charge is -2.32. The molecule has 1 aliphatic rings. The maximum atomic E-state index is 13.5. The number of aliphatic hydroxyl groups excluding tert-OH is 1. The van der Waals surface area contributed by atoms with Crippen LogP contribution in [0.25, 0.3) is 10.9 Å². The molecule has 0 saturated carbocycles. The summed E-state index contributed by atoms with van der Waals surface area (Å²) in [5.74, 6) is -0.219. The molecule has 5 nitrogen and oxygen atoms in total. The van der Waals surface area contributed by atoms with Crippen molar-refractivity contribution < 1.29 is 19.0 Å². The summed E-state index contributed by atoms with van der Waals surface area (Å²) in [6.07, 6.45) is 2.73. The van der Waals surface area contributed by atoms with E-state index in [1.165, 1.54) is 12.1 Å². The number of aromatic nitrogens is 1. The standard InChI is InChI=1S/C19H25FN2O3/c1-13-16(17-11-14(20)3-4-18(17)21-13)12-19(24)22-7-5-15(6-8-22)25-10-2-9-23/h3-4,11,15,21,23H,2,5-10,12H2,1H3. The van der Waals surface area contributed by atoms with Crippen LogP contribution in [0.2, 0.25) is 0 Å². The SMILES string of the molecule is Cc1[nH]c2ccc(F)cc2c1CC(=O)N1CCC(OCCCO)CC1. The zero-order valence-corrected chi connectivity index (χ0v) is 14.6. The molecular weight excluding hydrogens is 323 g/mol. The Labute approximate surface area is 146 Å². The van der Waals surface area contributed by atoms with Crippen LogP contribution in [-0.2, 0) is 16.0 Å². The smallest absolute Gasteiger partial charge is 0.227 e. The van der Waals surface area contributed by atoms with Crippen molar-refractivity contribution >= 4 is 16.8 Å². The number of nitrogens with zero attached hydrogens (tertiary/aromatic N) is 1. The number of likely N-dealkylation sites (tertiary alicyclic amines) is 1. The highest BCUT2D eigenvalue weighted by Gasteiger charge is 2.24. The highest BCUT2D eigenvalue weighted by Crippen LogP contribution is 2.25. The fraction of sp³-hybridized carbons (Fsp3) is 0.526. The minimum Gasteiger partial charge on any atom is -0.396 e. The minimum absolute atomic E-state index is 0.0714. The first-order valence-corrected chi connectivity index (χ1v) is 8.85. The van der Waals surface area contributed by atoms with E-state index in [9.17, 15) is 9.18 Å². The Kier molecular flexibility index (Phi) is 5.71. The number of carbonyl (C=O) groups is 1. The number of nitrogens with one attached hydrogen (secondary N) is 1. The van der Waals surface area contributed by atoms with Crippen molar-refractivity contribution in [3.05, 3.63) is 35.3 Å². The normalized spacial score (nSPS) is 15.9. The Morgan fingerprint density at radius 2 is 2.16 bits per heavy atom. The van der Waals surface area contributed by atoms with Gasteiger partial charge in [0.1, 0.15) is 5.82 Å². The zero-order valence-electron chi connectivity index (χ0n) is 14.6. The highest BCUT2D eigenvalue weighted by atomic mass is 19.1. The van der Waals surface area contributed by atoms with Gasteiger partial charge in [-0.2, -0.15) is 0 Å². The molecule has 136 valence electrons. The third-order valence-electron chi connectivity index (χ3n) is 4.86. The van der Waals surface area contributed by atoms with Gasteiger partial charge in [-0.1, -0.05) is 0 Å². The number of amides is 1. The number of hydrogen-bond acceptors (Lipinski definition) is 3. The van der Waals surface area contributed by atoms with Crippen molar-refractivity contribution in [2.24, 2.45) is 0 Å². The van der Waals surface area contributed by atoms with Crippen LogP contribution < -0.4 is 0 Å². The predicted molar refractivity (Wildman–Crippen MR) is 94.0 cm³/mol. The van der Waals surface area contributed by atoms with Crippen LogP contribution in [0.15, 0.2) is 18.2 Å². The lowest BCUT2D eigenvalue weighted by molar-refractivity contribution is -0.133. The first-order chi connectivity index (χ1) is 12.1. The molecule has 2 aromatic rings. The molecule has 25 heavy (non-hydrogen) atoms. The van der Waals surface area contributed by atoms with Gasteiger partial charge in [0, 0.05) is 42.9 Å². The Morgan fingerprint density at radius 1 is 1.40 bits per heavy atom. The van der Waals surface area contributed by atoms with Gasteiger partial charge in [0.2, 0.25) is 5.91 Å². The van der Waals surface area contributed by atoms with E-state index in [1.54, 1.807) is 6.07 Å². The molecular formula is C19H25FN2O3. The number of fused-ring (bicyclic) bond motifs is 1. The van der Waals surface area contributed by atoms with Crippen molar-refractivity contribution in [2.75, 3.05) is 26.3 Å². The second kappa shape index (κ2) is 7.97. The second-order valence-electron chi connectivity index (χ2n) is 6.62. The van der Waals surface area contributed by atoms with Crippen molar-refractivity contribution in [1.82, 2.24) is 9.88 Å². The van der Waals surface area contributed by atoms with E-state index in [4.69, 9.17) is 9.84 Å². The molecule has 0 unspecified atom stereocenters. The summed E-state index contributed by atoms with van der Waals surface area (Å²) in [5.41, 5.74) is 2.65. The first-order valence-electron chi connectivity index (χ1n) is 8.85. The molecule has 1 fully saturated rings. The fourth-order valence-electron chi connectivity index (χ4n) is 3.43. The van der Waals surface area contributed by atoms with E-state index in [0.29, 0.717) is 26.1 Å². The maximum absolute atomic E-state index is 13.5. The van der Waals surface area contributed by atoms with E-state index < -0.39 is 0 Å². The van der Waals surface area contributed by atoms with E-state index in [0.717, 1.165) is 35.0 Å². The van der Waals surface area contributed by atoms with E-state index >= 15 is 0 Å². The van der Waals surface area contributed by atoms with Gasteiger partial charge in [0.15, 0.2) is 0 Å². The molecule has 0 radical (unpaired) electrons. The minimum atomic E-state index is -0.291. The van der Waals surface area contributed by atoms with Crippen molar-refractivity contribution in [3.8, 4) is 0 Å². The summed E-state index contributed by atoms with van der Waals surface area (Å²) in [6, 6.07) is 4.62. The summed E-state index contributed by atoms with van der Waals surface area (Å²) in [5, 5.41) is 9.57. The van der Waals surface area contributed by atoms with E-state index in [-0.39, 0.29) is 30.9 Å². The van der Waals surface area contributed by atoms with Gasteiger partial charge in [-0.05, 0) is 49.9 Å². The number of H-pyrrole nitrogens is 1. The maximum Gasteiger partial charge on any atom is 0.227 e. The van der Waals surface area contributed by atoms with Crippen LogP contribution in [-0.4, -0.2) is 53.3 Å². The van der Waals surface area contributed by atoms with Gasteiger partial charge in [-0.15, -0.1) is 0 Å². The quantitative estimate of drug-likeness (QED) is 0.789. The molecule has 1 aromatic heterocycles. The Morgan fingerprint density at radius 3 is 2.88 bits per heavy atom. The number of ether oxygens (including phenoxy) is 1. The fourth-order valence-corrected chi connectivity index (χ4v) is 3.43. The molecule has 0 aliphatic carbocycles. The zero-order chi connectivity index (χ0) is 17.8. The number of piperidine rings is 1. The third kappa shape index (κ3) is 4.19. The third-order valence-corrected chi connectivity index (χ3v) is 4.86. The molecule has 1 aliphatic heterocycles. The van der Waals surface area contributed by atoms with Crippen LogP contribution >= 0.6 is 0 Å². The lowest BCUT2D eigenvalue weighted by atomic mass is 10.0. The average molecular weight is 348 g/mol. The Bertz CT molecular complexity index is 736. The van der Waals surface area contributed by atoms with Gasteiger partial charge >= 0.3 is 0 Å². The van der Waals surface area contributed by atoms with Gasteiger partial charge in [0.25, 0.3) is 0 Å². The number of hydrogen-bond donors (Lipinski definition) is 2. The molecule has 1 aromatic carbocycles. The van der Waals surface area contributed by atoms with Crippen LogP contribution in [0.3, 0.4) is 0 Å². The number of aryl methyl sites for hydroxylation is 1. The average Bonchev–Trinajstić information content (AvgIpc) is 2.91. The molecule has 3 rings (SSSR count). The summed E-state index contributed by atoms with van der Waals surface area (Å²) in [7, 11) is 0. The van der Waals surface area contributed by atoms with Gasteiger partial charge < -0.3 is 19.7 Å². The molecule has 0 spiro atoms. The lowest BCUT2D eigenvalue weighted by Crippen LogP contribution is -2.41. The van der Waals surface area contributed by atoms with Gasteiger partial charge in [-0.3, -0.25) is 4.79 Å². The molecule has 0 atom stereocenters. The van der Waals surface area contributed by atoms with Crippen molar-refractivity contribution in [2.45, 2.75) is 38.7 Å². The second-order valence-corrected chi connectivity index (χ2v) is 6.62. The summed E-state index contributed by atoms with van der Waals surface area (Å²) >= 11 is 0. The number of halogens is 1. The highest BCUT2D eigenvalue weighted by molar-refractivity contribution is 5.90. The monoisotopic (exact) mass is 348 g/mol. The molecule has 2 heterocycles. The Balaban J connectivity index is 1.60. The number of carbonyl (C=O) groups excluding carboxylic acids is 1. The molecule has 2 N–H and O–H groups in total. The molecule has 1 amide bonds. The van der Waals surface area contributed by atoms with Crippen LogP contribution in [0, 0.1) is 12.7 Å². The van der Waals surface area contributed by atoms with Gasteiger partial charge in [0.05, 0.1) is 12.5 Å². The van der Waals surface area contributed by atoms with E-state index in [2.05, 4.69) is 4.98 Å². The van der Waals surface area contributed by atoms with Crippen LogP contribution in [0.4, 0.5) is 4.39 Å². The number of benzene rings is 1. The summed E-state index contributed by atoms with van der Waals surface area (Å²) in [4.78, 5) is 17.7.